The second-order valence-electron chi connectivity index (χ2n) is 6.83. The lowest BCUT2D eigenvalue weighted by molar-refractivity contribution is -0.120. The molecule has 0 bridgehead atoms. The van der Waals surface area contributed by atoms with Gasteiger partial charge in [-0.05, 0) is 54.7 Å². The zero-order valence-electron chi connectivity index (χ0n) is 12.6. The summed E-state index contributed by atoms with van der Waals surface area (Å²) in [6.07, 6.45) is 5.41. The number of hydrogen-bond acceptors (Lipinski definition) is 2. The van der Waals surface area contributed by atoms with Crippen molar-refractivity contribution in [3.05, 3.63) is 29.8 Å². The minimum atomic E-state index is 0.0976. The number of amides is 1. The average Bonchev–Trinajstić information content (AvgIpc) is 2.37. The van der Waals surface area contributed by atoms with Gasteiger partial charge in [0.25, 0.3) is 0 Å². The molecule has 1 aromatic carbocycles. The zero-order valence-corrected chi connectivity index (χ0v) is 12.6. The summed E-state index contributed by atoms with van der Waals surface area (Å²) in [5, 5.41) is 3.07. The molecule has 0 aliphatic heterocycles. The highest BCUT2D eigenvalue weighted by molar-refractivity contribution is 5.78. The van der Waals surface area contributed by atoms with Crippen LogP contribution in [0.1, 0.15) is 45.1 Å². The number of benzene rings is 1. The number of carbonyl (C=O) groups excluding carboxylic acids is 1. The van der Waals surface area contributed by atoms with Gasteiger partial charge in [0.15, 0.2) is 0 Å². The van der Waals surface area contributed by atoms with Crippen molar-refractivity contribution in [1.29, 1.82) is 0 Å². The van der Waals surface area contributed by atoms with Crippen molar-refractivity contribution < 1.29 is 4.79 Å². The molecule has 1 aliphatic carbocycles. The number of rotatable bonds is 4. The van der Waals surface area contributed by atoms with Gasteiger partial charge in [-0.15, -0.1) is 0 Å². The fourth-order valence-corrected chi connectivity index (χ4v) is 2.87. The van der Waals surface area contributed by atoms with Crippen molar-refractivity contribution >= 4 is 11.6 Å². The Kier molecular flexibility index (Phi) is 4.69. The van der Waals surface area contributed by atoms with Crippen LogP contribution in [0.2, 0.25) is 0 Å². The second-order valence-corrected chi connectivity index (χ2v) is 6.83. The van der Waals surface area contributed by atoms with E-state index in [-0.39, 0.29) is 5.91 Å². The van der Waals surface area contributed by atoms with Crippen LogP contribution in [-0.2, 0) is 11.2 Å². The van der Waals surface area contributed by atoms with Crippen LogP contribution in [0.15, 0.2) is 24.3 Å². The number of carbonyl (C=O) groups is 1. The van der Waals surface area contributed by atoms with Crippen LogP contribution in [0.25, 0.3) is 0 Å². The molecule has 110 valence electrons. The van der Waals surface area contributed by atoms with E-state index in [1.807, 2.05) is 24.3 Å². The quantitative estimate of drug-likeness (QED) is 0.829. The fourth-order valence-electron chi connectivity index (χ4n) is 2.87. The number of nitrogens with two attached hydrogens (primary N) is 1. The maximum absolute atomic E-state index is 11.9. The first-order valence-corrected chi connectivity index (χ1v) is 7.56. The molecule has 1 saturated carbocycles. The molecule has 1 aliphatic rings. The van der Waals surface area contributed by atoms with Gasteiger partial charge >= 0.3 is 0 Å². The first kappa shape index (κ1) is 14.9. The van der Waals surface area contributed by atoms with E-state index >= 15 is 0 Å². The zero-order chi connectivity index (χ0) is 14.6. The molecule has 0 saturated heterocycles. The SMILES string of the molecule is CC1(C)CCC(CNC(=O)Cc2cccc(N)c2)CC1. The molecule has 3 N–H and O–H groups in total. The van der Waals surface area contributed by atoms with Gasteiger partial charge in [-0.25, -0.2) is 0 Å². The van der Waals surface area contributed by atoms with Crippen LogP contribution in [0.5, 0.6) is 0 Å². The Morgan fingerprint density at radius 1 is 1.35 bits per heavy atom. The molecule has 2 rings (SSSR count). The molecule has 3 heteroatoms. The standard InChI is InChI=1S/C17H26N2O/c1-17(2)8-6-13(7-9-17)12-19-16(20)11-14-4-3-5-15(18)10-14/h3-5,10,13H,6-9,11-12,18H2,1-2H3,(H,19,20). The second kappa shape index (κ2) is 6.29. The lowest BCUT2D eigenvalue weighted by Gasteiger charge is -2.34. The third-order valence-electron chi connectivity index (χ3n) is 4.36. The maximum Gasteiger partial charge on any atom is 0.224 e. The molecule has 0 aromatic heterocycles. The van der Waals surface area contributed by atoms with Crippen LogP contribution >= 0.6 is 0 Å². The summed E-state index contributed by atoms with van der Waals surface area (Å²) in [6.45, 7) is 5.49. The molecular formula is C17H26N2O. The summed E-state index contributed by atoms with van der Waals surface area (Å²) < 4.78 is 0. The Morgan fingerprint density at radius 3 is 2.70 bits per heavy atom. The lowest BCUT2D eigenvalue weighted by atomic mass is 9.73. The summed E-state index contributed by atoms with van der Waals surface area (Å²) in [5.41, 5.74) is 7.90. The van der Waals surface area contributed by atoms with Crippen LogP contribution in [-0.4, -0.2) is 12.5 Å². The third-order valence-corrected chi connectivity index (χ3v) is 4.36. The van der Waals surface area contributed by atoms with E-state index in [2.05, 4.69) is 19.2 Å². The molecule has 1 amide bonds. The smallest absolute Gasteiger partial charge is 0.224 e. The van der Waals surface area contributed by atoms with E-state index in [0.717, 1.165) is 12.1 Å². The van der Waals surface area contributed by atoms with E-state index in [0.29, 0.717) is 23.4 Å². The van der Waals surface area contributed by atoms with Crippen molar-refractivity contribution in [2.24, 2.45) is 11.3 Å². The Hall–Kier alpha value is -1.51. The fraction of sp³-hybridized carbons (Fsp3) is 0.588. The predicted octanol–water partition coefficient (Wildman–Crippen LogP) is 3.14. The Bertz CT molecular complexity index is 458. The first-order chi connectivity index (χ1) is 9.44. The van der Waals surface area contributed by atoms with E-state index in [1.165, 1.54) is 25.7 Å². The normalized spacial score (nSPS) is 18.7. The molecule has 0 atom stereocenters. The topological polar surface area (TPSA) is 55.1 Å². The van der Waals surface area contributed by atoms with E-state index in [1.54, 1.807) is 0 Å². The highest BCUT2D eigenvalue weighted by Gasteiger charge is 2.26. The molecule has 3 nitrogen and oxygen atoms in total. The molecule has 20 heavy (non-hydrogen) atoms. The molecular weight excluding hydrogens is 248 g/mol. The number of nitrogens with one attached hydrogen (secondary N) is 1. The van der Waals surface area contributed by atoms with Gasteiger partial charge in [0.05, 0.1) is 6.42 Å². The first-order valence-electron chi connectivity index (χ1n) is 7.56. The summed E-state index contributed by atoms with van der Waals surface area (Å²) in [7, 11) is 0. The number of nitrogen functional groups attached to an aromatic ring is 1. The minimum absolute atomic E-state index is 0.0976. The highest BCUT2D eigenvalue weighted by atomic mass is 16.1. The lowest BCUT2D eigenvalue weighted by Crippen LogP contribution is -2.33. The minimum Gasteiger partial charge on any atom is -0.399 e. The number of hydrogen-bond donors (Lipinski definition) is 2. The van der Waals surface area contributed by atoms with Crippen LogP contribution in [0.3, 0.4) is 0 Å². The molecule has 1 fully saturated rings. The van der Waals surface area contributed by atoms with Crippen molar-refractivity contribution in [2.75, 3.05) is 12.3 Å². The third kappa shape index (κ3) is 4.55. The van der Waals surface area contributed by atoms with Gasteiger partial charge in [0, 0.05) is 12.2 Å². The van der Waals surface area contributed by atoms with Gasteiger partial charge in [0.2, 0.25) is 5.91 Å². The van der Waals surface area contributed by atoms with E-state index in [4.69, 9.17) is 5.73 Å². The van der Waals surface area contributed by atoms with Gasteiger partial charge in [-0.3, -0.25) is 4.79 Å². The molecule has 1 aromatic rings. The van der Waals surface area contributed by atoms with E-state index < -0.39 is 0 Å². The molecule has 0 radical (unpaired) electrons. The van der Waals surface area contributed by atoms with Crippen molar-refractivity contribution in [2.45, 2.75) is 46.0 Å². The summed E-state index contributed by atoms with van der Waals surface area (Å²) in [4.78, 5) is 11.9. The van der Waals surface area contributed by atoms with Crippen molar-refractivity contribution in [1.82, 2.24) is 5.32 Å². The molecule has 0 heterocycles. The van der Waals surface area contributed by atoms with Gasteiger partial charge in [-0.2, -0.15) is 0 Å². The summed E-state index contributed by atoms with van der Waals surface area (Å²) in [5.74, 6) is 0.744. The molecule has 0 spiro atoms. The molecule has 0 unspecified atom stereocenters. The van der Waals surface area contributed by atoms with Crippen LogP contribution < -0.4 is 11.1 Å². The van der Waals surface area contributed by atoms with Crippen molar-refractivity contribution in [3.8, 4) is 0 Å². The van der Waals surface area contributed by atoms with Gasteiger partial charge in [0.1, 0.15) is 0 Å². The highest BCUT2D eigenvalue weighted by Crippen LogP contribution is 2.37. The monoisotopic (exact) mass is 274 g/mol. The summed E-state index contributed by atoms with van der Waals surface area (Å²) >= 11 is 0. The van der Waals surface area contributed by atoms with Crippen LogP contribution in [0.4, 0.5) is 5.69 Å². The largest absolute Gasteiger partial charge is 0.399 e. The summed E-state index contributed by atoms with van der Waals surface area (Å²) in [6, 6.07) is 7.54. The van der Waals surface area contributed by atoms with E-state index in [9.17, 15) is 4.79 Å². The Balaban J connectivity index is 1.73. The average molecular weight is 274 g/mol. The Labute approximate surface area is 121 Å². The van der Waals surface area contributed by atoms with Gasteiger partial charge < -0.3 is 11.1 Å². The van der Waals surface area contributed by atoms with Crippen LogP contribution in [0, 0.1) is 11.3 Å². The number of anilines is 1. The predicted molar refractivity (Wildman–Crippen MR) is 83.3 cm³/mol. The maximum atomic E-state index is 11.9. The van der Waals surface area contributed by atoms with Gasteiger partial charge in [-0.1, -0.05) is 26.0 Å². The van der Waals surface area contributed by atoms with Crippen molar-refractivity contribution in [3.63, 3.8) is 0 Å². The Morgan fingerprint density at radius 2 is 2.05 bits per heavy atom.